The first-order valence-electron chi connectivity index (χ1n) is 9.12. The lowest BCUT2D eigenvalue weighted by atomic mass is 9.87. The van der Waals surface area contributed by atoms with E-state index in [0.29, 0.717) is 24.1 Å². The first kappa shape index (κ1) is 19.6. The molecular weight excluding hydrogens is 372 g/mol. The first-order chi connectivity index (χ1) is 12.1. The molecule has 1 aromatic carbocycles. The summed E-state index contributed by atoms with van der Waals surface area (Å²) >= 11 is 0. The summed E-state index contributed by atoms with van der Waals surface area (Å²) in [5.41, 5.74) is 1.88. The van der Waals surface area contributed by atoms with Gasteiger partial charge in [0.1, 0.15) is 0 Å². The van der Waals surface area contributed by atoms with Crippen LogP contribution < -0.4 is 4.72 Å². The fourth-order valence-corrected chi connectivity index (χ4v) is 6.03. The number of anilines is 1. The van der Waals surface area contributed by atoms with Crippen LogP contribution in [0.2, 0.25) is 0 Å². The Bertz CT molecular complexity index is 868. The van der Waals surface area contributed by atoms with Gasteiger partial charge in [0.15, 0.2) is 9.84 Å². The summed E-state index contributed by atoms with van der Waals surface area (Å²) in [7, 11) is -6.22. The summed E-state index contributed by atoms with van der Waals surface area (Å²) in [4.78, 5) is 2.26. The lowest BCUT2D eigenvalue weighted by Crippen LogP contribution is -2.34. The third-order valence-electron chi connectivity index (χ3n) is 6.06. The van der Waals surface area contributed by atoms with Crippen LogP contribution in [0, 0.1) is 11.8 Å². The van der Waals surface area contributed by atoms with Gasteiger partial charge in [0.25, 0.3) is 0 Å². The fourth-order valence-electron chi connectivity index (χ4n) is 4.65. The van der Waals surface area contributed by atoms with E-state index in [-0.39, 0.29) is 16.9 Å². The van der Waals surface area contributed by atoms with Gasteiger partial charge in [-0.2, -0.15) is 0 Å². The molecule has 3 rings (SSSR count). The van der Waals surface area contributed by atoms with Gasteiger partial charge in [-0.15, -0.1) is 0 Å². The lowest BCUT2D eigenvalue weighted by molar-refractivity contribution is 0.283. The van der Waals surface area contributed by atoms with E-state index in [2.05, 4.69) is 22.6 Å². The highest BCUT2D eigenvalue weighted by Crippen LogP contribution is 2.65. The number of sulfonamides is 1. The van der Waals surface area contributed by atoms with Crippen LogP contribution in [-0.4, -0.2) is 59.1 Å². The number of piperidine rings is 1. The molecule has 146 valence electrons. The fraction of sp³-hybridized carbons (Fsp3) is 0.667. The van der Waals surface area contributed by atoms with Crippen LogP contribution in [0.4, 0.5) is 5.69 Å². The molecule has 2 unspecified atom stereocenters. The van der Waals surface area contributed by atoms with Crippen LogP contribution in [-0.2, 0) is 25.3 Å². The predicted octanol–water partition coefficient (Wildman–Crippen LogP) is 1.70. The molecule has 2 atom stereocenters. The maximum Gasteiger partial charge on any atom is 0.229 e. The normalized spacial score (nSPS) is 28.7. The van der Waals surface area contributed by atoms with Gasteiger partial charge >= 0.3 is 0 Å². The molecule has 1 heterocycles. The molecule has 1 N–H and O–H groups in total. The molecule has 0 aromatic heterocycles. The van der Waals surface area contributed by atoms with Crippen molar-refractivity contribution in [2.45, 2.75) is 25.7 Å². The molecule has 1 aliphatic heterocycles. The van der Waals surface area contributed by atoms with Gasteiger partial charge < -0.3 is 4.90 Å². The summed E-state index contributed by atoms with van der Waals surface area (Å²) in [6.45, 7) is 6.32. The molecule has 26 heavy (non-hydrogen) atoms. The second-order valence-electron chi connectivity index (χ2n) is 7.56. The zero-order chi connectivity index (χ0) is 19.2. The number of fused-ring (bicyclic) bond motifs is 1. The molecule has 0 spiro atoms. The number of hydrogen-bond acceptors (Lipinski definition) is 5. The Morgan fingerprint density at radius 2 is 1.81 bits per heavy atom. The highest BCUT2D eigenvalue weighted by molar-refractivity contribution is 7.92. The third-order valence-corrected chi connectivity index (χ3v) is 8.35. The second kappa shape index (κ2) is 6.80. The van der Waals surface area contributed by atoms with Crippen molar-refractivity contribution in [1.29, 1.82) is 0 Å². The molecular formula is C18H28N2O4S2. The van der Waals surface area contributed by atoms with Crippen molar-refractivity contribution in [3.05, 3.63) is 29.8 Å². The van der Waals surface area contributed by atoms with E-state index in [0.717, 1.165) is 25.8 Å². The molecule has 0 bridgehead atoms. The number of nitrogens with zero attached hydrogens (tertiary/aromatic N) is 1. The number of hydrogen-bond donors (Lipinski definition) is 1. The van der Waals surface area contributed by atoms with Gasteiger partial charge in [-0.3, -0.25) is 4.72 Å². The first-order valence-corrected chi connectivity index (χ1v) is 12.8. The molecule has 8 heteroatoms. The Morgan fingerprint density at radius 3 is 2.35 bits per heavy atom. The van der Waals surface area contributed by atoms with Crippen molar-refractivity contribution in [2.24, 2.45) is 11.8 Å². The average Bonchev–Trinajstić information content (AvgIpc) is 2.95. The Hall–Kier alpha value is -1.12. The standard InChI is InChI=1S/C18H28N2O4S2/c1-4-18(14-7-6-8-15(11-14)19-25(3,21)22)16-12-20(13-17(16)18)9-10-26(23,24)5-2/h6-8,11,16-17,19H,4-5,9-10,12-13H2,1-3H3. The number of rotatable bonds is 8. The summed E-state index contributed by atoms with van der Waals surface area (Å²) in [6.07, 6.45) is 2.16. The van der Waals surface area contributed by atoms with E-state index in [1.165, 1.54) is 5.56 Å². The largest absolute Gasteiger partial charge is 0.302 e. The lowest BCUT2D eigenvalue weighted by Gasteiger charge is -2.26. The van der Waals surface area contributed by atoms with Crippen molar-refractivity contribution < 1.29 is 16.8 Å². The Labute approximate surface area is 156 Å². The van der Waals surface area contributed by atoms with Crippen molar-refractivity contribution in [2.75, 3.05) is 42.1 Å². The Morgan fingerprint density at radius 1 is 1.15 bits per heavy atom. The van der Waals surface area contributed by atoms with E-state index in [9.17, 15) is 16.8 Å². The van der Waals surface area contributed by atoms with Gasteiger partial charge in [0.05, 0.1) is 12.0 Å². The summed E-state index contributed by atoms with van der Waals surface area (Å²) < 4.78 is 49.0. The molecule has 1 saturated heterocycles. The van der Waals surface area contributed by atoms with Gasteiger partial charge in [0, 0.05) is 36.5 Å². The van der Waals surface area contributed by atoms with E-state index in [4.69, 9.17) is 0 Å². The predicted molar refractivity (Wildman–Crippen MR) is 105 cm³/mol. The maximum absolute atomic E-state index is 11.7. The van der Waals surface area contributed by atoms with Crippen LogP contribution in [0.1, 0.15) is 25.8 Å². The number of sulfone groups is 1. The van der Waals surface area contributed by atoms with E-state index < -0.39 is 19.9 Å². The van der Waals surface area contributed by atoms with Crippen LogP contribution in [0.5, 0.6) is 0 Å². The minimum atomic E-state index is -3.29. The zero-order valence-corrected chi connectivity index (χ0v) is 17.2. The molecule has 1 aliphatic carbocycles. The van der Waals surface area contributed by atoms with E-state index in [1.54, 1.807) is 13.0 Å². The van der Waals surface area contributed by atoms with Crippen LogP contribution in [0.25, 0.3) is 0 Å². The number of likely N-dealkylation sites (tertiary alicyclic amines) is 1. The monoisotopic (exact) mass is 400 g/mol. The SMILES string of the molecule is CCC1(c2cccc(NS(C)(=O)=O)c2)C2CN(CCS(=O)(=O)CC)CC21. The molecule has 6 nitrogen and oxygen atoms in total. The van der Waals surface area contributed by atoms with Crippen LogP contribution in [0.3, 0.4) is 0 Å². The van der Waals surface area contributed by atoms with E-state index >= 15 is 0 Å². The topological polar surface area (TPSA) is 83.6 Å². The highest BCUT2D eigenvalue weighted by Gasteiger charge is 2.67. The summed E-state index contributed by atoms with van der Waals surface area (Å²) in [6, 6.07) is 7.71. The van der Waals surface area contributed by atoms with Crippen LogP contribution >= 0.6 is 0 Å². The van der Waals surface area contributed by atoms with Crippen molar-refractivity contribution in [3.8, 4) is 0 Å². The maximum atomic E-state index is 11.7. The molecule has 2 fully saturated rings. The summed E-state index contributed by atoms with van der Waals surface area (Å²) in [5.74, 6) is 1.47. The molecule has 0 radical (unpaired) electrons. The molecule has 1 aromatic rings. The quantitative estimate of drug-likeness (QED) is 0.718. The van der Waals surface area contributed by atoms with E-state index in [1.807, 2.05) is 12.1 Å². The van der Waals surface area contributed by atoms with Crippen molar-refractivity contribution >= 4 is 25.5 Å². The molecule has 1 saturated carbocycles. The van der Waals surface area contributed by atoms with Gasteiger partial charge in [-0.25, -0.2) is 16.8 Å². The minimum absolute atomic E-state index is 0.0926. The van der Waals surface area contributed by atoms with Gasteiger partial charge in [-0.1, -0.05) is 26.0 Å². The van der Waals surface area contributed by atoms with Crippen molar-refractivity contribution in [3.63, 3.8) is 0 Å². The number of benzene rings is 1. The smallest absolute Gasteiger partial charge is 0.229 e. The average molecular weight is 401 g/mol. The van der Waals surface area contributed by atoms with Gasteiger partial charge in [-0.05, 0) is 36.0 Å². The van der Waals surface area contributed by atoms with Gasteiger partial charge in [0.2, 0.25) is 10.0 Å². The number of nitrogens with one attached hydrogen (secondary N) is 1. The van der Waals surface area contributed by atoms with Crippen LogP contribution in [0.15, 0.2) is 24.3 Å². The Balaban J connectivity index is 1.70. The highest BCUT2D eigenvalue weighted by atomic mass is 32.2. The zero-order valence-electron chi connectivity index (χ0n) is 15.6. The minimum Gasteiger partial charge on any atom is -0.302 e. The third kappa shape index (κ3) is 3.77. The summed E-state index contributed by atoms with van der Waals surface area (Å²) in [5, 5.41) is 0. The van der Waals surface area contributed by atoms with Crippen molar-refractivity contribution in [1.82, 2.24) is 4.90 Å². The Kier molecular flexibility index (Phi) is 5.13. The molecule has 2 aliphatic rings. The second-order valence-corrected chi connectivity index (χ2v) is 11.8. The molecule has 0 amide bonds.